The van der Waals surface area contributed by atoms with Crippen LogP contribution in [-0.4, -0.2) is 31.2 Å². The van der Waals surface area contributed by atoms with E-state index in [9.17, 15) is 9.59 Å². The van der Waals surface area contributed by atoms with E-state index in [1.54, 1.807) is 32.7 Å². The van der Waals surface area contributed by atoms with Gasteiger partial charge in [-0.2, -0.15) is 0 Å². The lowest BCUT2D eigenvalue weighted by Crippen LogP contribution is -2.33. The first-order valence-corrected chi connectivity index (χ1v) is 9.31. The molecule has 6 nitrogen and oxygen atoms in total. The third-order valence-electron chi connectivity index (χ3n) is 3.81. The molecule has 2 aromatic rings. The number of nitrogens with one attached hydrogen (secondary N) is 1. The van der Waals surface area contributed by atoms with Gasteiger partial charge in [-0.1, -0.05) is 18.2 Å². The molecule has 0 fully saturated rings. The van der Waals surface area contributed by atoms with E-state index in [4.69, 9.17) is 9.47 Å². The molecule has 0 aliphatic heterocycles. The zero-order valence-electron chi connectivity index (χ0n) is 16.9. The summed E-state index contributed by atoms with van der Waals surface area (Å²) in [5.74, 6) is 1.44. The van der Waals surface area contributed by atoms with Crippen molar-refractivity contribution in [3.05, 3.63) is 54.6 Å². The SMILES string of the molecule is CN(C(=O)CCCNC(=O)OC(C)(C)C)c1ccc(Oc2ccccc2)cc1. The summed E-state index contributed by atoms with van der Waals surface area (Å²) in [7, 11) is 1.73. The van der Waals surface area contributed by atoms with Crippen LogP contribution in [0.4, 0.5) is 10.5 Å². The molecule has 0 unspecified atom stereocenters. The second kappa shape index (κ2) is 9.78. The normalized spacial score (nSPS) is 10.9. The number of hydrogen-bond acceptors (Lipinski definition) is 4. The molecule has 0 saturated heterocycles. The molecule has 0 bridgehead atoms. The Kier molecular flexibility index (Phi) is 7.44. The average Bonchev–Trinajstić information content (AvgIpc) is 2.64. The van der Waals surface area contributed by atoms with Gasteiger partial charge in [0.05, 0.1) is 0 Å². The van der Waals surface area contributed by atoms with Gasteiger partial charge in [0.1, 0.15) is 17.1 Å². The Morgan fingerprint density at radius 1 is 0.964 bits per heavy atom. The minimum atomic E-state index is -0.531. The van der Waals surface area contributed by atoms with Gasteiger partial charge in [0.15, 0.2) is 0 Å². The highest BCUT2D eigenvalue weighted by atomic mass is 16.6. The molecule has 6 heteroatoms. The minimum absolute atomic E-state index is 0.0253. The van der Waals surface area contributed by atoms with Crippen LogP contribution in [0.25, 0.3) is 0 Å². The fraction of sp³-hybridized carbons (Fsp3) is 0.364. The van der Waals surface area contributed by atoms with E-state index in [2.05, 4.69) is 5.32 Å². The van der Waals surface area contributed by atoms with Crippen LogP contribution in [0.3, 0.4) is 0 Å². The molecule has 0 heterocycles. The lowest BCUT2D eigenvalue weighted by molar-refractivity contribution is -0.118. The van der Waals surface area contributed by atoms with Crippen molar-refractivity contribution in [2.45, 2.75) is 39.2 Å². The number of amides is 2. The molecule has 0 atom stereocenters. The standard InChI is InChI=1S/C22H28N2O4/c1-22(2,3)28-21(26)23-16-8-11-20(25)24(4)17-12-14-19(15-13-17)27-18-9-6-5-7-10-18/h5-7,9-10,12-15H,8,11,16H2,1-4H3,(H,23,26). The molecule has 2 aromatic carbocycles. The maximum absolute atomic E-state index is 12.3. The lowest BCUT2D eigenvalue weighted by atomic mass is 10.2. The Labute approximate surface area is 166 Å². The first-order valence-electron chi connectivity index (χ1n) is 9.31. The molecule has 1 N–H and O–H groups in total. The van der Waals surface area contributed by atoms with E-state index >= 15 is 0 Å². The molecule has 0 aliphatic rings. The highest BCUT2D eigenvalue weighted by Crippen LogP contribution is 2.24. The molecule has 150 valence electrons. The van der Waals surface area contributed by atoms with Crippen LogP contribution in [0.2, 0.25) is 0 Å². The number of ether oxygens (including phenoxy) is 2. The maximum atomic E-state index is 12.3. The Bertz CT molecular complexity index is 767. The molecular formula is C22H28N2O4. The minimum Gasteiger partial charge on any atom is -0.457 e. The van der Waals surface area contributed by atoms with Crippen LogP contribution < -0.4 is 15.0 Å². The lowest BCUT2D eigenvalue weighted by Gasteiger charge is -2.20. The summed E-state index contributed by atoms with van der Waals surface area (Å²) >= 11 is 0. The van der Waals surface area contributed by atoms with E-state index < -0.39 is 11.7 Å². The van der Waals surface area contributed by atoms with Crippen molar-refractivity contribution in [3.8, 4) is 11.5 Å². The third-order valence-corrected chi connectivity index (χ3v) is 3.81. The van der Waals surface area contributed by atoms with Crippen molar-refractivity contribution in [3.63, 3.8) is 0 Å². The number of carbonyl (C=O) groups excluding carboxylic acids is 2. The first-order chi connectivity index (χ1) is 13.2. The topological polar surface area (TPSA) is 67.9 Å². The van der Waals surface area contributed by atoms with Gasteiger partial charge in [0.2, 0.25) is 5.91 Å². The highest BCUT2D eigenvalue weighted by molar-refractivity contribution is 5.92. The number of nitrogens with zero attached hydrogens (tertiary/aromatic N) is 1. The quantitative estimate of drug-likeness (QED) is 0.700. The van der Waals surface area contributed by atoms with Gasteiger partial charge in [-0.3, -0.25) is 4.79 Å². The molecule has 0 spiro atoms. The van der Waals surface area contributed by atoms with Gasteiger partial charge < -0.3 is 19.7 Å². The molecule has 0 saturated carbocycles. The second-order valence-electron chi connectivity index (χ2n) is 7.39. The van der Waals surface area contributed by atoms with Gasteiger partial charge in [-0.05, 0) is 63.6 Å². The van der Waals surface area contributed by atoms with Crippen LogP contribution in [0.5, 0.6) is 11.5 Å². The molecule has 0 radical (unpaired) electrons. The Morgan fingerprint density at radius 2 is 1.57 bits per heavy atom. The van der Waals surface area contributed by atoms with E-state index in [0.717, 1.165) is 11.4 Å². The predicted octanol–water partition coefficient (Wildman–Crippen LogP) is 4.75. The van der Waals surface area contributed by atoms with E-state index in [0.29, 0.717) is 25.1 Å². The second-order valence-corrected chi connectivity index (χ2v) is 7.39. The van der Waals surface area contributed by atoms with Gasteiger partial charge >= 0.3 is 6.09 Å². The summed E-state index contributed by atoms with van der Waals surface area (Å²) in [4.78, 5) is 25.5. The Morgan fingerprint density at radius 3 is 2.18 bits per heavy atom. The molecule has 28 heavy (non-hydrogen) atoms. The summed E-state index contributed by atoms with van der Waals surface area (Å²) in [5, 5.41) is 2.66. The van der Waals surface area contributed by atoms with Gasteiger partial charge in [0, 0.05) is 25.7 Å². The van der Waals surface area contributed by atoms with Gasteiger partial charge in [-0.15, -0.1) is 0 Å². The highest BCUT2D eigenvalue weighted by Gasteiger charge is 2.16. The van der Waals surface area contributed by atoms with E-state index in [1.165, 1.54) is 0 Å². The molecule has 0 aromatic heterocycles. The number of carbonyl (C=O) groups is 2. The fourth-order valence-corrected chi connectivity index (χ4v) is 2.42. The van der Waals surface area contributed by atoms with Crippen LogP contribution >= 0.6 is 0 Å². The van der Waals surface area contributed by atoms with Crippen molar-refractivity contribution in [1.82, 2.24) is 5.32 Å². The number of rotatable bonds is 7. The van der Waals surface area contributed by atoms with Crippen LogP contribution in [0.1, 0.15) is 33.6 Å². The third kappa shape index (κ3) is 7.31. The zero-order chi connectivity index (χ0) is 20.6. The molecule has 0 aliphatic carbocycles. The summed E-state index contributed by atoms with van der Waals surface area (Å²) in [6.45, 7) is 5.81. The summed E-state index contributed by atoms with van der Waals surface area (Å²) in [6, 6.07) is 16.9. The van der Waals surface area contributed by atoms with Crippen LogP contribution in [-0.2, 0) is 9.53 Å². The Balaban J connectivity index is 1.77. The van der Waals surface area contributed by atoms with E-state index in [-0.39, 0.29) is 5.91 Å². The van der Waals surface area contributed by atoms with Gasteiger partial charge in [-0.25, -0.2) is 4.79 Å². The molecule has 2 amide bonds. The summed E-state index contributed by atoms with van der Waals surface area (Å²) in [6.07, 6.45) is 0.397. The van der Waals surface area contributed by atoms with Crippen molar-refractivity contribution >= 4 is 17.7 Å². The van der Waals surface area contributed by atoms with Crippen molar-refractivity contribution < 1.29 is 19.1 Å². The smallest absolute Gasteiger partial charge is 0.407 e. The molecular weight excluding hydrogens is 356 g/mol. The fourth-order valence-electron chi connectivity index (χ4n) is 2.42. The summed E-state index contributed by atoms with van der Waals surface area (Å²) < 4.78 is 10.9. The number of hydrogen-bond donors (Lipinski definition) is 1. The van der Waals surface area contributed by atoms with Crippen LogP contribution in [0.15, 0.2) is 54.6 Å². The Hall–Kier alpha value is -3.02. The monoisotopic (exact) mass is 384 g/mol. The largest absolute Gasteiger partial charge is 0.457 e. The maximum Gasteiger partial charge on any atom is 0.407 e. The van der Waals surface area contributed by atoms with Crippen LogP contribution in [0, 0.1) is 0 Å². The van der Waals surface area contributed by atoms with E-state index in [1.807, 2.05) is 54.6 Å². The van der Waals surface area contributed by atoms with Gasteiger partial charge in [0.25, 0.3) is 0 Å². The number of benzene rings is 2. The number of alkyl carbamates (subject to hydrolysis) is 1. The number of anilines is 1. The summed E-state index contributed by atoms with van der Waals surface area (Å²) in [5.41, 5.74) is 0.252. The average molecular weight is 384 g/mol. The number of para-hydroxylation sites is 1. The first kappa shape index (κ1) is 21.3. The predicted molar refractivity (Wildman–Crippen MR) is 110 cm³/mol. The molecule has 2 rings (SSSR count). The van der Waals surface area contributed by atoms with Crippen molar-refractivity contribution in [1.29, 1.82) is 0 Å². The zero-order valence-corrected chi connectivity index (χ0v) is 16.9. The van der Waals surface area contributed by atoms with Crippen molar-refractivity contribution in [2.75, 3.05) is 18.5 Å². The van der Waals surface area contributed by atoms with Crippen molar-refractivity contribution in [2.24, 2.45) is 0 Å².